The number of aliphatic hydroxyl groups excluding tert-OH is 1. The van der Waals surface area contributed by atoms with E-state index in [2.05, 4.69) is 17.2 Å². The molecule has 2 rings (SSSR count). The van der Waals surface area contributed by atoms with E-state index in [0.717, 1.165) is 16.8 Å². The van der Waals surface area contributed by atoms with E-state index in [1.165, 1.54) is 0 Å². The van der Waals surface area contributed by atoms with E-state index in [-0.39, 0.29) is 12.5 Å². The molecule has 1 aliphatic rings. The smallest absolute Gasteiger partial charge is 0.228 e. The number of amides is 1. The van der Waals surface area contributed by atoms with Crippen LogP contribution < -0.4 is 5.32 Å². The zero-order valence-corrected chi connectivity index (χ0v) is 7.50. The summed E-state index contributed by atoms with van der Waals surface area (Å²) in [5.41, 5.74) is 2.67. The van der Waals surface area contributed by atoms with Gasteiger partial charge in [-0.2, -0.15) is 0 Å². The zero-order chi connectivity index (χ0) is 9.97. The molecule has 0 radical (unpaired) electrons. The summed E-state index contributed by atoms with van der Waals surface area (Å²) in [5.74, 6) is 5.39. The maximum Gasteiger partial charge on any atom is 0.228 e. The third-order valence-corrected chi connectivity index (χ3v) is 2.04. The molecule has 0 bridgehead atoms. The fourth-order valence-corrected chi connectivity index (χ4v) is 1.45. The third kappa shape index (κ3) is 1.61. The van der Waals surface area contributed by atoms with Crippen LogP contribution in [0.5, 0.6) is 0 Å². The van der Waals surface area contributed by atoms with Gasteiger partial charge in [0.1, 0.15) is 6.61 Å². The maximum absolute atomic E-state index is 11.0. The van der Waals surface area contributed by atoms with Crippen molar-refractivity contribution in [3.63, 3.8) is 0 Å². The van der Waals surface area contributed by atoms with Crippen LogP contribution in [0.4, 0.5) is 5.69 Å². The van der Waals surface area contributed by atoms with Gasteiger partial charge in [-0.15, -0.1) is 0 Å². The first-order chi connectivity index (χ1) is 6.79. The Bertz CT molecular complexity index is 440. The van der Waals surface area contributed by atoms with Crippen LogP contribution in [0.3, 0.4) is 0 Å². The fraction of sp³-hybridized carbons (Fsp3) is 0.182. The van der Waals surface area contributed by atoms with E-state index in [4.69, 9.17) is 5.11 Å². The molecule has 0 aromatic heterocycles. The maximum atomic E-state index is 11.0. The van der Waals surface area contributed by atoms with Crippen LogP contribution in [0, 0.1) is 11.8 Å². The minimum absolute atomic E-state index is 0.0206. The lowest BCUT2D eigenvalue weighted by molar-refractivity contribution is -0.115. The summed E-state index contributed by atoms with van der Waals surface area (Å²) in [6.45, 7) is -0.145. The third-order valence-electron chi connectivity index (χ3n) is 2.04. The van der Waals surface area contributed by atoms with Gasteiger partial charge in [0.25, 0.3) is 0 Å². The number of rotatable bonds is 0. The first-order valence-electron chi connectivity index (χ1n) is 4.32. The van der Waals surface area contributed by atoms with E-state index in [1.54, 1.807) is 0 Å². The lowest BCUT2D eigenvalue weighted by Crippen LogP contribution is -2.03. The van der Waals surface area contributed by atoms with Crippen molar-refractivity contribution in [1.82, 2.24) is 0 Å². The van der Waals surface area contributed by atoms with Gasteiger partial charge >= 0.3 is 0 Å². The predicted octanol–water partition coefficient (Wildman–Crippen LogP) is 0.525. The second kappa shape index (κ2) is 3.52. The average Bonchev–Trinajstić information content (AvgIpc) is 2.54. The summed E-state index contributed by atoms with van der Waals surface area (Å²) in [4.78, 5) is 11.0. The highest BCUT2D eigenvalue weighted by Gasteiger charge is 2.16. The molecule has 0 aliphatic carbocycles. The van der Waals surface area contributed by atoms with Crippen LogP contribution in [0.15, 0.2) is 18.2 Å². The monoisotopic (exact) mass is 187 g/mol. The zero-order valence-electron chi connectivity index (χ0n) is 7.50. The summed E-state index contributed by atoms with van der Waals surface area (Å²) in [5, 5.41) is 11.3. The van der Waals surface area contributed by atoms with Crippen LogP contribution in [-0.4, -0.2) is 17.6 Å². The molecule has 1 aromatic carbocycles. The summed E-state index contributed by atoms with van der Waals surface area (Å²) in [6.07, 6.45) is 0.421. The molecule has 70 valence electrons. The molecular formula is C11H9NO2. The van der Waals surface area contributed by atoms with Gasteiger partial charge in [-0.3, -0.25) is 4.79 Å². The first kappa shape index (κ1) is 8.79. The van der Waals surface area contributed by atoms with Gasteiger partial charge in [-0.25, -0.2) is 0 Å². The minimum atomic E-state index is -0.145. The molecule has 0 saturated heterocycles. The Balaban J connectivity index is 2.33. The van der Waals surface area contributed by atoms with Crippen molar-refractivity contribution in [3.05, 3.63) is 29.3 Å². The van der Waals surface area contributed by atoms with Crippen LogP contribution in [0.2, 0.25) is 0 Å². The van der Waals surface area contributed by atoms with E-state index in [9.17, 15) is 4.79 Å². The molecule has 1 heterocycles. The summed E-state index contributed by atoms with van der Waals surface area (Å²) < 4.78 is 0. The van der Waals surface area contributed by atoms with Crippen molar-refractivity contribution in [2.24, 2.45) is 0 Å². The molecule has 0 spiro atoms. The molecule has 0 saturated carbocycles. The normalized spacial score (nSPS) is 12.8. The van der Waals surface area contributed by atoms with Gasteiger partial charge in [0.15, 0.2) is 0 Å². The lowest BCUT2D eigenvalue weighted by atomic mass is 10.1. The lowest BCUT2D eigenvalue weighted by Gasteiger charge is -1.97. The quantitative estimate of drug-likeness (QED) is 0.582. The molecule has 1 amide bonds. The molecule has 1 aliphatic heterocycles. The molecule has 14 heavy (non-hydrogen) atoms. The van der Waals surface area contributed by atoms with E-state index in [0.29, 0.717) is 6.42 Å². The second-order valence-electron chi connectivity index (χ2n) is 3.06. The number of hydrogen-bond acceptors (Lipinski definition) is 2. The van der Waals surface area contributed by atoms with Gasteiger partial charge in [0, 0.05) is 11.3 Å². The predicted molar refractivity (Wildman–Crippen MR) is 52.7 cm³/mol. The van der Waals surface area contributed by atoms with Crippen molar-refractivity contribution >= 4 is 11.6 Å². The standard InChI is InChI=1S/C11H9NO2/c13-5-1-2-8-3-4-10-9(6-8)7-11(14)12-10/h3-4,6,13H,5,7H2,(H,12,14). The Labute approximate surface area is 81.8 Å². The largest absolute Gasteiger partial charge is 0.384 e. The second-order valence-corrected chi connectivity index (χ2v) is 3.06. The molecule has 1 aromatic rings. The Morgan fingerprint density at radius 2 is 2.36 bits per heavy atom. The first-order valence-corrected chi connectivity index (χ1v) is 4.32. The number of benzene rings is 1. The van der Waals surface area contributed by atoms with Crippen LogP contribution in [-0.2, 0) is 11.2 Å². The Morgan fingerprint density at radius 1 is 1.50 bits per heavy atom. The van der Waals surface area contributed by atoms with Crippen LogP contribution in [0.25, 0.3) is 0 Å². The molecule has 0 fully saturated rings. The van der Waals surface area contributed by atoms with Gasteiger partial charge < -0.3 is 10.4 Å². The summed E-state index contributed by atoms with van der Waals surface area (Å²) >= 11 is 0. The highest BCUT2D eigenvalue weighted by atomic mass is 16.2. The minimum Gasteiger partial charge on any atom is -0.384 e. The van der Waals surface area contributed by atoms with E-state index < -0.39 is 0 Å². The number of aliphatic hydroxyl groups is 1. The molecule has 0 unspecified atom stereocenters. The van der Waals surface area contributed by atoms with E-state index in [1.807, 2.05) is 18.2 Å². The van der Waals surface area contributed by atoms with Crippen LogP contribution >= 0.6 is 0 Å². The Morgan fingerprint density at radius 3 is 3.14 bits per heavy atom. The molecule has 3 heteroatoms. The van der Waals surface area contributed by atoms with Crippen molar-refractivity contribution in [2.75, 3.05) is 11.9 Å². The van der Waals surface area contributed by atoms with Crippen molar-refractivity contribution in [3.8, 4) is 11.8 Å². The Kier molecular flexibility index (Phi) is 2.21. The van der Waals surface area contributed by atoms with Gasteiger partial charge in [-0.1, -0.05) is 11.8 Å². The topological polar surface area (TPSA) is 49.3 Å². The summed E-state index contributed by atoms with van der Waals surface area (Å²) in [7, 11) is 0. The van der Waals surface area contributed by atoms with Gasteiger partial charge in [0.2, 0.25) is 5.91 Å². The Hall–Kier alpha value is -1.79. The molecule has 2 N–H and O–H groups in total. The average molecular weight is 187 g/mol. The van der Waals surface area contributed by atoms with Gasteiger partial charge in [-0.05, 0) is 23.8 Å². The number of fused-ring (bicyclic) bond motifs is 1. The van der Waals surface area contributed by atoms with E-state index >= 15 is 0 Å². The molecule has 3 nitrogen and oxygen atoms in total. The van der Waals surface area contributed by atoms with Crippen molar-refractivity contribution < 1.29 is 9.90 Å². The molecular weight excluding hydrogens is 178 g/mol. The summed E-state index contributed by atoms with van der Waals surface area (Å²) in [6, 6.07) is 5.53. The molecule has 0 atom stereocenters. The number of carbonyl (C=O) groups is 1. The number of hydrogen-bond donors (Lipinski definition) is 2. The number of carbonyl (C=O) groups excluding carboxylic acids is 1. The fourth-order valence-electron chi connectivity index (χ4n) is 1.45. The number of nitrogens with one attached hydrogen (secondary N) is 1. The number of anilines is 1. The van der Waals surface area contributed by atoms with Crippen molar-refractivity contribution in [2.45, 2.75) is 6.42 Å². The highest BCUT2D eigenvalue weighted by molar-refractivity contribution is 5.99. The van der Waals surface area contributed by atoms with Crippen LogP contribution in [0.1, 0.15) is 11.1 Å². The van der Waals surface area contributed by atoms with Crippen molar-refractivity contribution in [1.29, 1.82) is 0 Å². The highest BCUT2D eigenvalue weighted by Crippen LogP contribution is 2.23. The SMILES string of the molecule is O=C1Cc2cc(C#CCO)ccc2N1. The van der Waals surface area contributed by atoms with Gasteiger partial charge in [0.05, 0.1) is 6.42 Å².